The van der Waals surface area contributed by atoms with Crippen LogP contribution in [-0.4, -0.2) is 130 Å². The number of hydrogen-bond acceptors (Lipinski definition) is 15. The third-order valence-corrected chi connectivity index (χ3v) is 19.6. The lowest BCUT2D eigenvalue weighted by atomic mass is 9.50. The molecule has 4 aliphatic carbocycles. The number of esters is 2. The Morgan fingerprint density at radius 2 is 1.65 bits per heavy atom. The van der Waals surface area contributed by atoms with Crippen LogP contribution in [0.1, 0.15) is 159 Å². The number of nitrogens with zero attached hydrogens (tertiary/aromatic N) is 6. The van der Waals surface area contributed by atoms with Gasteiger partial charge in [0.2, 0.25) is 0 Å². The number of aliphatic hydroxyl groups is 1. The second-order valence-corrected chi connectivity index (χ2v) is 26.3. The first kappa shape index (κ1) is 59.7. The number of rotatable bonds is 15. The van der Waals surface area contributed by atoms with E-state index in [0.29, 0.717) is 87.6 Å². The van der Waals surface area contributed by atoms with Gasteiger partial charge in [-0.2, -0.15) is 0 Å². The molecule has 7 aliphatic rings. The van der Waals surface area contributed by atoms with Crippen molar-refractivity contribution in [3.63, 3.8) is 0 Å². The van der Waals surface area contributed by atoms with Crippen molar-refractivity contribution in [2.45, 2.75) is 168 Å². The van der Waals surface area contributed by atoms with E-state index in [0.717, 1.165) is 84.8 Å². The zero-order valence-electron chi connectivity index (χ0n) is 50.9. The van der Waals surface area contributed by atoms with Crippen molar-refractivity contribution in [1.29, 1.82) is 0 Å². The summed E-state index contributed by atoms with van der Waals surface area (Å²) in [4.78, 5) is 106. The predicted octanol–water partition coefficient (Wildman–Crippen LogP) is 10.1. The van der Waals surface area contributed by atoms with Crippen LogP contribution < -0.4 is 15.2 Å². The maximum Gasteiger partial charge on any atom is 0.415 e. The second kappa shape index (κ2) is 23.0. The number of benzene rings is 2. The molecule has 0 radical (unpaired) electrons. The molecule has 1 N–H and O–H groups in total. The fourth-order valence-corrected chi connectivity index (χ4v) is 15.5. The Bertz CT molecular complexity index is 3510. The van der Waals surface area contributed by atoms with Gasteiger partial charge in [0.05, 0.1) is 29.0 Å². The minimum Gasteiger partial charge on any atom is -0.458 e. The molecule has 6 atom stereocenters. The van der Waals surface area contributed by atoms with Crippen LogP contribution in [0.2, 0.25) is 0 Å². The van der Waals surface area contributed by atoms with Gasteiger partial charge in [0.1, 0.15) is 18.0 Å². The molecule has 452 valence electrons. The third kappa shape index (κ3) is 10.9. The van der Waals surface area contributed by atoms with Gasteiger partial charge in [-0.25, -0.2) is 19.4 Å². The van der Waals surface area contributed by atoms with Gasteiger partial charge in [0.25, 0.3) is 5.56 Å². The molecule has 0 bridgehead atoms. The van der Waals surface area contributed by atoms with Crippen molar-refractivity contribution >= 4 is 52.3 Å². The van der Waals surface area contributed by atoms with Crippen LogP contribution in [0.4, 0.5) is 15.3 Å². The van der Waals surface area contributed by atoms with Gasteiger partial charge in [0.15, 0.2) is 22.8 Å². The molecule has 11 rings (SSSR count). The van der Waals surface area contributed by atoms with Crippen LogP contribution >= 0.6 is 0 Å². The lowest BCUT2D eigenvalue weighted by molar-refractivity contribution is -0.182. The third-order valence-electron chi connectivity index (χ3n) is 19.6. The van der Waals surface area contributed by atoms with E-state index in [-0.39, 0.29) is 65.6 Å². The number of allylic oxidation sites excluding steroid dienone is 4. The lowest BCUT2D eigenvalue weighted by Gasteiger charge is -2.55. The predicted molar refractivity (Wildman–Crippen MR) is 320 cm³/mol. The number of amides is 2. The van der Waals surface area contributed by atoms with E-state index in [1.54, 1.807) is 40.3 Å². The number of carbonyl (C=O) groups is 6. The number of cyclic esters (lactones) is 1. The number of piperazine rings is 1. The zero-order chi connectivity index (χ0) is 60.5. The summed E-state index contributed by atoms with van der Waals surface area (Å²) in [6.45, 7) is 16.7. The first-order valence-corrected chi connectivity index (χ1v) is 30.7. The second-order valence-electron chi connectivity index (χ2n) is 26.3. The molecule has 1 saturated heterocycles. The van der Waals surface area contributed by atoms with Crippen LogP contribution in [0, 0.1) is 17.3 Å². The molecule has 0 unspecified atom stereocenters. The van der Waals surface area contributed by atoms with Gasteiger partial charge in [-0.3, -0.25) is 29.0 Å². The summed E-state index contributed by atoms with van der Waals surface area (Å²) < 4.78 is 25.2. The molecule has 18 heteroatoms. The van der Waals surface area contributed by atoms with E-state index in [4.69, 9.17) is 23.9 Å². The number of carbonyl (C=O) groups excluding carboxylic acids is 6. The number of ketones is 2. The number of aromatic nitrogens is 2. The molecule has 2 aromatic heterocycles. The van der Waals surface area contributed by atoms with Crippen molar-refractivity contribution in [2.24, 2.45) is 17.3 Å². The maximum atomic E-state index is 14.0. The van der Waals surface area contributed by atoms with Crippen LogP contribution in [0.5, 0.6) is 5.75 Å². The van der Waals surface area contributed by atoms with E-state index in [2.05, 4.69) is 24.0 Å². The van der Waals surface area contributed by atoms with Crippen molar-refractivity contribution < 1.29 is 52.8 Å². The highest BCUT2D eigenvalue weighted by atomic mass is 16.6. The molecular formula is C67H82N6O12. The Balaban J connectivity index is 0.714. The SMILES string of the molecule is CC[C@@]1(O)C(=O)OCc2c1cc1n(c2=O)Cc2cc3c(CN(C)C)c(OC(=O)N4CCN(CCCCCCN(C(=O)OC(C)(C)C)c5ccc([C@H]6C[C@@]7(C)[C@@H](CC[C@]7(OC(C)=O)C(C)=O)[C@@H]7CCC8=CC(=O)CCC8=C76)cc5)CC4)ccc3nc2-1. The van der Waals surface area contributed by atoms with Crippen LogP contribution in [-0.2, 0) is 58.7 Å². The average Bonchev–Trinajstić information content (AvgIpc) is 1.76. The Labute approximate surface area is 497 Å². The number of Topliss-reactive ketones (excluding diaryl/α,β-unsaturated/α-hetero) is 1. The summed E-state index contributed by atoms with van der Waals surface area (Å²) in [5.41, 5.74) is 4.72. The van der Waals surface area contributed by atoms with E-state index < -0.39 is 46.3 Å². The largest absolute Gasteiger partial charge is 0.458 e. The normalized spacial score (nSPS) is 25.3. The highest BCUT2D eigenvalue weighted by molar-refractivity contribution is 5.94. The Kier molecular flexibility index (Phi) is 16.2. The van der Waals surface area contributed by atoms with Crippen molar-refractivity contribution in [3.8, 4) is 17.1 Å². The van der Waals surface area contributed by atoms with E-state index in [1.165, 1.54) is 18.1 Å². The summed E-state index contributed by atoms with van der Waals surface area (Å²) in [5.74, 6) is -0.460. The summed E-state index contributed by atoms with van der Waals surface area (Å²) >= 11 is 0. The molecule has 2 saturated carbocycles. The van der Waals surface area contributed by atoms with Gasteiger partial charge < -0.3 is 38.4 Å². The average molecular weight is 1160 g/mol. The van der Waals surface area contributed by atoms with Gasteiger partial charge in [0, 0.05) is 91.7 Å². The maximum absolute atomic E-state index is 14.0. The molecule has 4 aromatic rings. The fraction of sp³-hybridized carbons (Fsp3) is 0.552. The Morgan fingerprint density at radius 3 is 2.34 bits per heavy atom. The van der Waals surface area contributed by atoms with Crippen molar-refractivity contribution in [1.82, 2.24) is 24.3 Å². The Morgan fingerprint density at radius 1 is 0.906 bits per heavy atom. The van der Waals surface area contributed by atoms with Crippen molar-refractivity contribution in [3.05, 3.63) is 109 Å². The van der Waals surface area contributed by atoms with E-state index >= 15 is 0 Å². The molecule has 85 heavy (non-hydrogen) atoms. The fourth-order valence-electron chi connectivity index (χ4n) is 15.5. The highest BCUT2D eigenvalue weighted by Gasteiger charge is 2.67. The topological polar surface area (TPSA) is 207 Å². The standard InChI is InChI=1S/C67H82N6O12/c1-10-66(81)54-35-56-59-44(37-73(56)60(77)52(54)39-82-61(66)78)34-49-51(38-69(8)9)57(24-23-55(49)68-59)83-62(79)71-31-29-70(30-32-71)27-13-11-12-14-28-72(63(80)85-64(4,5)6)45-18-15-42(16-19-45)50-36-65(7)53(25-26-67(65,40(2)74)84-41(3)75)48-21-17-43-33-46(76)20-22-47(43)58(48)50/h15-16,18-19,23-24,33-35,48,50,53,81H,10-14,17,20-22,25-32,36-39H2,1-9H3/t48-,50+,53-,65-,66-,67-/m0/s1. The number of fused-ring (bicyclic) bond motifs is 9. The number of hydrogen-bond donors (Lipinski definition) is 1. The van der Waals surface area contributed by atoms with Crippen molar-refractivity contribution in [2.75, 3.05) is 58.3 Å². The highest BCUT2D eigenvalue weighted by Crippen LogP contribution is 2.68. The number of pyridine rings is 2. The molecule has 2 amide bonds. The smallest absolute Gasteiger partial charge is 0.415 e. The van der Waals surface area contributed by atoms with E-state index in [9.17, 15) is 38.7 Å². The van der Waals surface area contributed by atoms with Crippen LogP contribution in [0.3, 0.4) is 0 Å². The molecule has 18 nitrogen and oxygen atoms in total. The molecule has 2 aromatic carbocycles. The zero-order valence-corrected chi connectivity index (χ0v) is 50.9. The molecule has 3 fully saturated rings. The van der Waals surface area contributed by atoms with Gasteiger partial charge in [-0.05, 0) is 177 Å². The minimum absolute atomic E-state index is 0.0537. The summed E-state index contributed by atoms with van der Waals surface area (Å²) in [5, 5.41) is 12.1. The molecule has 3 aliphatic heterocycles. The Hall–Kier alpha value is -7.02. The first-order chi connectivity index (χ1) is 40.4. The monoisotopic (exact) mass is 1160 g/mol. The minimum atomic E-state index is -1.92. The molecule has 0 spiro atoms. The summed E-state index contributed by atoms with van der Waals surface area (Å²) in [7, 11) is 3.89. The number of ether oxygens (including phenoxy) is 4. The van der Waals surface area contributed by atoms with Gasteiger partial charge >= 0.3 is 24.1 Å². The first-order valence-electron chi connectivity index (χ1n) is 30.7. The molecular weight excluding hydrogens is 1080 g/mol. The summed E-state index contributed by atoms with van der Waals surface area (Å²) in [6.07, 6.45) is 9.42. The van der Waals surface area contributed by atoms with Crippen LogP contribution in [0.15, 0.2) is 76.1 Å². The summed E-state index contributed by atoms with van der Waals surface area (Å²) in [6, 6.07) is 15.5. The number of anilines is 1. The van der Waals surface area contributed by atoms with E-state index in [1.807, 2.05) is 70.1 Å². The van der Waals surface area contributed by atoms with Crippen LogP contribution in [0.25, 0.3) is 22.3 Å². The number of unbranched alkanes of at least 4 members (excludes halogenated alkanes) is 3. The van der Waals surface area contributed by atoms with Gasteiger partial charge in [-0.15, -0.1) is 0 Å². The quantitative estimate of drug-likeness (QED) is 0.0588. The van der Waals surface area contributed by atoms with Gasteiger partial charge in [-0.1, -0.05) is 44.4 Å². The lowest BCUT2D eigenvalue weighted by Crippen LogP contribution is -2.57. The molecule has 5 heterocycles.